The van der Waals surface area contributed by atoms with Crippen molar-refractivity contribution in [2.24, 2.45) is 0 Å². The number of methoxy groups -OCH3 is 1. The van der Waals surface area contributed by atoms with E-state index in [1.807, 2.05) is 0 Å². The van der Waals surface area contributed by atoms with Gasteiger partial charge < -0.3 is 4.74 Å². The quantitative estimate of drug-likeness (QED) is 0.483. The molecular formula is C8H14O2S. The van der Waals surface area contributed by atoms with Crippen LogP contribution in [0.1, 0.15) is 20.3 Å². The lowest BCUT2D eigenvalue weighted by atomic mass is 10.4. The van der Waals surface area contributed by atoms with Crippen molar-refractivity contribution in [3.05, 3.63) is 11.5 Å². The second-order valence-corrected chi connectivity index (χ2v) is 3.53. The van der Waals surface area contributed by atoms with Crippen molar-refractivity contribution < 1.29 is 9.53 Å². The lowest BCUT2D eigenvalue weighted by Gasteiger charge is -2.01. The molecule has 0 saturated heterocycles. The number of carbonyl (C=O) groups is 1. The van der Waals surface area contributed by atoms with E-state index >= 15 is 0 Å². The van der Waals surface area contributed by atoms with Crippen LogP contribution < -0.4 is 0 Å². The van der Waals surface area contributed by atoms with Crippen LogP contribution in [0.4, 0.5) is 0 Å². The van der Waals surface area contributed by atoms with Crippen LogP contribution in [0.2, 0.25) is 0 Å². The molecule has 0 aliphatic carbocycles. The zero-order valence-corrected chi connectivity index (χ0v) is 7.98. The Morgan fingerprint density at radius 2 is 2.36 bits per heavy atom. The second kappa shape index (κ2) is 6.28. The summed E-state index contributed by atoms with van der Waals surface area (Å²) in [6.07, 6.45) is 2.55. The zero-order valence-electron chi connectivity index (χ0n) is 7.16. The topological polar surface area (TPSA) is 26.3 Å². The maximum atomic E-state index is 10.6. The molecule has 64 valence electrons. The second-order valence-electron chi connectivity index (χ2n) is 2.18. The van der Waals surface area contributed by atoms with Crippen LogP contribution in [-0.4, -0.2) is 18.3 Å². The summed E-state index contributed by atoms with van der Waals surface area (Å²) in [6.45, 7) is 4.23. The molecular weight excluding hydrogens is 160 g/mol. The highest BCUT2D eigenvalue weighted by Crippen LogP contribution is 2.14. The zero-order chi connectivity index (χ0) is 8.69. The standard InChI is InChI=1S/C8H14O2S/c1-4-7(2)11-6-5-8(9)10-3/h5-7H,4H2,1-3H3. The van der Waals surface area contributed by atoms with E-state index in [0.717, 1.165) is 6.42 Å². The minimum absolute atomic E-state index is 0.291. The minimum atomic E-state index is -0.291. The molecule has 0 spiro atoms. The highest BCUT2D eigenvalue weighted by atomic mass is 32.2. The molecule has 3 heteroatoms. The highest BCUT2D eigenvalue weighted by Gasteiger charge is 1.95. The van der Waals surface area contributed by atoms with Crippen LogP contribution in [-0.2, 0) is 9.53 Å². The van der Waals surface area contributed by atoms with Gasteiger partial charge in [0.2, 0.25) is 0 Å². The summed E-state index contributed by atoms with van der Waals surface area (Å²) in [4.78, 5) is 10.6. The third-order valence-corrected chi connectivity index (χ3v) is 2.38. The maximum Gasteiger partial charge on any atom is 0.330 e. The van der Waals surface area contributed by atoms with Crippen LogP contribution in [0.5, 0.6) is 0 Å². The number of hydrogen-bond donors (Lipinski definition) is 0. The Morgan fingerprint density at radius 1 is 1.73 bits per heavy atom. The van der Waals surface area contributed by atoms with Gasteiger partial charge in [0.15, 0.2) is 0 Å². The Hall–Kier alpha value is -0.440. The van der Waals surface area contributed by atoms with Gasteiger partial charge in [0.05, 0.1) is 7.11 Å². The van der Waals surface area contributed by atoms with Gasteiger partial charge in [-0.25, -0.2) is 4.79 Å². The first-order valence-electron chi connectivity index (χ1n) is 3.60. The van der Waals surface area contributed by atoms with Crippen molar-refractivity contribution in [3.8, 4) is 0 Å². The Labute approximate surface area is 72.0 Å². The van der Waals surface area contributed by atoms with Gasteiger partial charge in [-0.05, 0) is 11.8 Å². The fourth-order valence-electron chi connectivity index (χ4n) is 0.393. The summed E-state index contributed by atoms with van der Waals surface area (Å²) in [5.74, 6) is -0.291. The molecule has 2 nitrogen and oxygen atoms in total. The van der Waals surface area contributed by atoms with Crippen LogP contribution in [0.3, 0.4) is 0 Å². The molecule has 0 aromatic heterocycles. The van der Waals surface area contributed by atoms with Crippen LogP contribution in [0.15, 0.2) is 11.5 Å². The van der Waals surface area contributed by atoms with Crippen molar-refractivity contribution in [2.45, 2.75) is 25.5 Å². The molecule has 0 aliphatic heterocycles. The van der Waals surface area contributed by atoms with Gasteiger partial charge in [-0.15, -0.1) is 11.8 Å². The molecule has 0 amide bonds. The molecule has 11 heavy (non-hydrogen) atoms. The van der Waals surface area contributed by atoms with Crippen molar-refractivity contribution in [2.75, 3.05) is 7.11 Å². The van der Waals surface area contributed by atoms with Gasteiger partial charge >= 0.3 is 5.97 Å². The largest absolute Gasteiger partial charge is 0.466 e. The number of ether oxygens (including phenoxy) is 1. The summed E-state index contributed by atoms with van der Waals surface area (Å²) in [5.41, 5.74) is 0. The Kier molecular flexibility index (Phi) is 6.03. The number of rotatable bonds is 4. The SMILES string of the molecule is CCC(C)SC=CC(=O)OC. The molecule has 0 fully saturated rings. The molecule has 0 heterocycles. The summed E-state index contributed by atoms with van der Waals surface area (Å²) in [6, 6.07) is 0. The van der Waals surface area contributed by atoms with E-state index in [9.17, 15) is 4.79 Å². The van der Waals surface area contributed by atoms with Gasteiger partial charge in [-0.1, -0.05) is 13.8 Å². The van der Waals surface area contributed by atoms with E-state index in [-0.39, 0.29) is 5.97 Å². The normalized spacial score (nSPS) is 13.4. The van der Waals surface area contributed by atoms with Crippen LogP contribution >= 0.6 is 11.8 Å². The Bertz CT molecular complexity index is 143. The van der Waals surface area contributed by atoms with Gasteiger partial charge in [-0.2, -0.15) is 0 Å². The Balaban J connectivity index is 3.51. The molecule has 0 aliphatic rings. The van der Waals surface area contributed by atoms with Crippen molar-refractivity contribution >= 4 is 17.7 Å². The van der Waals surface area contributed by atoms with E-state index in [2.05, 4.69) is 18.6 Å². The van der Waals surface area contributed by atoms with Crippen LogP contribution in [0.25, 0.3) is 0 Å². The molecule has 0 aromatic carbocycles. The molecule has 1 unspecified atom stereocenters. The van der Waals surface area contributed by atoms with Gasteiger partial charge in [0, 0.05) is 11.3 Å². The summed E-state index contributed by atoms with van der Waals surface area (Å²) < 4.78 is 4.43. The molecule has 0 bridgehead atoms. The number of hydrogen-bond acceptors (Lipinski definition) is 3. The van der Waals surface area contributed by atoms with E-state index in [1.165, 1.54) is 13.2 Å². The molecule has 0 N–H and O–H groups in total. The summed E-state index contributed by atoms with van der Waals surface area (Å²) in [7, 11) is 1.38. The average Bonchev–Trinajstić information content (AvgIpc) is 2.04. The predicted molar refractivity (Wildman–Crippen MR) is 48.5 cm³/mol. The van der Waals surface area contributed by atoms with Gasteiger partial charge in [0.1, 0.15) is 0 Å². The summed E-state index contributed by atoms with van der Waals surface area (Å²) >= 11 is 1.64. The first-order chi connectivity index (χ1) is 5.20. The fraction of sp³-hybridized carbons (Fsp3) is 0.625. The van der Waals surface area contributed by atoms with E-state index in [1.54, 1.807) is 17.2 Å². The third kappa shape index (κ3) is 5.98. The Morgan fingerprint density at radius 3 is 2.82 bits per heavy atom. The first-order valence-corrected chi connectivity index (χ1v) is 4.55. The van der Waals surface area contributed by atoms with Crippen molar-refractivity contribution in [3.63, 3.8) is 0 Å². The number of carbonyl (C=O) groups excluding carboxylic acids is 1. The van der Waals surface area contributed by atoms with Crippen molar-refractivity contribution in [1.29, 1.82) is 0 Å². The number of thioether (sulfide) groups is 1. The molecule has 0 aromatic rings. The molecule has 1 atom stereocenters. The fourth-order valence-corrected chi connectivity index (χ4v) is 1.04. The van der Waals surface area contributed by atoms with Crippen LogP contribution in [0, 0.1) is 0 Å². The third-order valence-electron chi connectivity index (χ3n) is 1.29. The van der Waals surface area contributed by atoms with E-state index in [0.29, 0.717) is 5.25 Å². The highest BCUT2D eigenvalue weighted by molar-refractivity contribution is 8.02. The molecule has 0 rings (SSSR count). The van der Waals surface area contributed by atoms with E-state index < -0.39 is 0 Å². The first kappa shape index (κ1) is 10.6. The molecule has 0 saturated carbocycles. The lowest BCUT2D eigenvalue weighted by molar-refractivity contribution is -0.134. The smallest absolute Gasteiger partial charge is 0.330 e. The monoisotopic (exact) mass is 174 g/mol. The number of esters is 1. The molecule has 0 radical (unpaired) electrons. The van der Waals surface area contributed by atoms with Gasteiger partial charge in [-0.3, -0.25) is 0 Å². The average molecular weight is 174 g/mol. The maximum absolute atomic E-state index is 10.6. The predicted octanol–water partition coefficient (Wildman–Crippen LogP) is 2.20. The van der Waals surface area contributed by atoms with E-state index in [4.69, 9.17) is 0 Å². The van der Waals surface area contributed by atoms with Crippen molar-refractivity contribution in [1.82, 2.24) is 0 Å². The lowest BCUT2D eigenvalue weighted by Crippen LogP contribution is -1.94. The minimum Gasteiger partial charge on any atom is -0.466 e. The summed E-state index contributed by atoms with van der Waals surface area (Å²) in [5, 5.41) is 2.34. The van der Waals surface area contributed by atoms with Gasteiger partial charge in [0.25, 0.3) is 0 Å².